The van der Waals surface area contributed by atoms with Crippen LogP contribution in [0.5, 0.6) is 5.75 Å². The monoisotopic (exact) mass is 358 g/mol. The van der Waals surface area contributed by atoms with Crippen LogP contribution in [0.4, 0.5) is 5.13 Å². The zero-order chi connectivity index (χ0) is 18.2. The van der Waals surface area contributed by atoms with Crippen molar-refractivity contribution < 1.29 is 14.3 Å². The number of hydrogen-bond acceptors (Lipinski definition) is 5. The first-order chi connectivity index (χ1) is 12.0. The molecule has 0 aliphatic rings. The molecule has 0 radical (unpaired) electrons. The minimum Gasteiger partial charge on any atom is -0.493 e. The molecule has 0 spiro atoms. The van der Waals surface area contributed by atoms with Crippen LogP contribution < -0.4 is 10.1 Å². The van der Waals surface area contributed by atoms with Crippen LogP contribution in [0.1, 0.15) is 47.6 Å². The first-order valence-corrected chi connectivity index (χ1v) is 9.02. The number of anilines is 1. The van der Waals surface area contributed by atoms with Crippen LogP contribution in [0.3, 0.4) is 0 Å². The van der Waals surface area contributed by atoms with Gasteiger partial charge in [-0.15, -0.1) is 0 Å². The van der Waals surface area contributed by atoms with Crippen molar-refractivity contribution in [3.63, 3.8) is 0 Å². The number of rotatable bonds is 8. The normalized spacial score (nSPS) is 10.8. The summed E-state index contributed by atoms with van der Waals surface area (Å²) < 4.78 is 5.74. The molecule has 1 heterocycles. The average molecular weight is 358 g/mol. The van der Waals surface area contributed by atoms with Crippen LogP contribution >= 0.6 is 11.3 Å². The van der Waals surface area contributed by atoms with Crippen molar-refractivity contribution in [2.75, 3.05) is 11.9 Å². The molecule has 132 valence electrons. The Morgan fingerprint density at radius 3 is 2.76 bits per heavy atom. The summed E-state index contributed by atoms with van der Waals surface area (Å²) in [6.07, 6.45) is 5.20. The second-order valence-electron chi connectivity index (χ2n) is 5.55. The van der Waals surface area contributed by atoms with E-state index in [1.807, 2.05) is 24.3 Å². The molecule has 6 heteroatoms. The number of aromatic nitrogens is 1. The van der Waals surface area contributed by atoms with Crippen LogP contribution in [0, 0.1) is 6.92 Å². The van der Waals surface area contributed by atoms with Gasteiger partial charge in [-0.1, -0.05) is 42.9 Å². The van der Waals surface area contributed by atoms with Gasteiger partial charge in [0, 0.05) is 18.6 Å². The van der Waals surface area contributed by atoms with Gasteiger partial charge in [0.1, 0.15) is 5.75 Å². The van der Waals surface area contributed by atoms with Gasteiger partial charge in [-0.3, -0.25) is 14.9 Å². The lowest BCUT2D eigenvalue weighted by atomic mass is 10.2. The first kappa shape index (κ1) is 18.9. The molecule has 1 amide bonds. The molecule has 25 heavy (non-hydrogen) atoms. The number of benzene rings is 1. The SMILES string of the molecule is CCCCOc1ccccc1/C=C/C(=O)Nc1nc(C)c(C(C)=O)s1. The van der Waals surface area contributed by atoms with Gasteiger partial charge < -0.3 is 4.74 Å². The van der Waals surface area contributed by atoms with E-state index >= 15 is 0 Å². The number of thiazole rings is 1. The maximum Gasteiger partial charge on any atom is 0.250 e. The first-order valence-electron chi connectivity index (χ1n) is 8.20. The number of para-hydroxylation sites is 1. The third kappa shape index (κ3) is 5.53. The van der Waals surface area contributed by atoms with Crippen molar-refractivity contribution in [2.45, 2.75) is 33.6 Å². The lowest BCUT2D eigenvalue weighted by molar-refractivity contribution is -0.111. The number of carbonyl (C=O) groups excluding carboxylic acids is 2. The molecule has 0 saturated heterocycles. The number of carbonyl (C=O) groups is 2. The number of Topliss-reactive ketones (excluding diaryl/α,β-unsaturated/α-hetero) is 1. The zero-order valence-electron chi connectivity index (χ0n) is 14.7. The van der Waals surface area contributed by atoms with Gasteiger partial charge in [-0.2, -0.15) is 0 Å². The van der Waals surface area contributed by atoms with Crippen molar-refractivity contribution in [3.8, 4) is 5.75 Å². The maximum absolute atomic E-state index is 12.1. The second-order valence-corrected chi connectivity index (χ2v) is 6.55. The number of aryl methyl sites for hydroxylation is 1. The molecule has 2 rings (SSSR count). The molecule has 0 aliphatic heterocycles. The van der Waals surface area contributed by atoms with E-state index in [0.717, 1.165) is 24.2 Å². The third-order valence-electron chi connectivity index (χ3n) is 3.44. The summed E-state index contributed by atoms with van der Waals surface area (Å²) in [5.41, 5.74) is 1.47. The number of ketones is 1. The van der Waals surface area contributed by atoms with Crippen LogP contribution in [-0.4, -0.2) is 23.3 Å². The van der Waals surface area contributed by atoms with Crippen LogP contribution in [0.2, 0.25) is 0 Å². The molecule has 1 N–H and O–H groups in total. The molecule has 0 saturated carbocycles. The van der Waals surface area contributed by atoms with Crippen LogP contribution in [-0.2, 0) is 4.79 Å². The third-order valence-corrected chi connectivity index (χ3v) is 4.61. The van der Waals surface area contributed by atoms with Crippen molar-refractivity contribution in [3.05, 3.63) is 46.5 Å². The van der Waals surface area contributed by atoms with Crippen molar-refractivity contribution >= 4 is 34.2 Å². The summed E-state index contributed by atoms with van der Waals surface area (Å²) in [6.45, 7) is 6.00. The Labute approximate surface area is 151 Å². The molecule has 5 nitrogen and oxygen atoms in total. The quantitative estimate of drug-likeness (QED) is 0.429. The lowest BCUT2D eigenvalue weighted by Gasteiger charge is -2.08. The Morgan fingerprint density at radius 2 is 2.08 bits per heavy atom. The summed E-state index contributed by atoms with van der Waals surface area (Å²) in [7, 11) is 0. The largest absolute Gasteiger partial charge is 0.493 e. The summed E-state index contributed by atoms with van der Waals surface area (Å²) in [6, 6.07) is 7.58. The Bertz CT molecular complexity index is 781. The van der Waals surface area contributed by atoms with Gasteiger partial charge in [0.25, 0.3) is 0 Å². The highest BCUT2D eigenvalue weighted by Crippen LogP contribution is 2.23. The highest BCUT2D eigenvalue weighted by atomic mass is 32.1. The summed E-state index contributed by atoms with van der Waals surface area (Å²) in [5.74, 6) is 0.403. The number of hydrogen-bond donors (Lipinski definition) is 1. The average Bonchev–Trinajstić information content (AvgIpc) is 2.94. The number of amides is 1. The molecule has 0 atom stereocenters. The van der Waals surface area contributed by atoms with Crippen molar-refractivity contribution in [1.82, 2.24) is 4.98 Å². The minimum absolute atomic E-state index is 0.0517. The molecule has 0 aliphatic carbocycles. The number of nitrogens with zero attached hydrogens (tertiary/aromatic N) is 1. The van der Waals surface area contributed by atoms with Gasteiger partial charge >= 0.3 is 0 Å². The molecule has 1 aromatic carbocycles. The number of unbranched alkanes of at least 4 members (excludes halogenated alkanes) is 1. The highest BCUT2D eigenvalue weighted by Gasteiger charge is 2.12. The fraction of sp³-hybridized carbons (Fsp3) is 0.316. The van der Waals surface area contributed by atoms with Gasteiger partial charge in [-0.05, 0) is 25.5 Å². The van der Waals surface area contributed by atoms with Crippen molar-refractivity contribution in [1.29, 1.82) is 0 Å². The smallest absolute Gasteiger partial charge is 0.250 e. The fourth-order valence-corrected chi connectivity index (χ4v) is 3.03. The van der Waals surface area contributed by atoms with Crippen LogP contribution in [0.15, 0.2) is 30.3 Å². The number of ether oxygens (including phenoxy) is 1. The Balaban J connectivity index is 2.03. The summed E-state index contributed by atoms with van der Waals surface area (Å²) in [5, 5.41) is 3.11. The molecular formula is C19H22N2O3S. The van der Waals surface area contributed by atoms with E-state index < -0.39 is 0 Å². The Morgan fingerprint density at radius 1 is 1.32 bits per heavy atom. The van der Waals surface area contributed by atoms with E-state index in [9.17, 15) is 9.59 Å². The van der Waals surface area contributed by atoms with E-state index in [4.69, 9.17) is 4.74 Å². The van der Waals surface area contributed by atoms with E-state index in [2.05, 4.69) is 17.2 Å². The maximum atomic E-state index is 12.1. The molecule has 1 aromatic heterocycles. The molecule has 0 fully saturated rings. The van der Waals surface area contributed by atoms with Gasteiger partial charge in [0.2, 0.25) is 5.91 Å². The minimum atomic E-state index is -0.299. The summed E-state index contributed by atoms with van der Waals surface area (Å²) in [4.78, 5) is 28.3. The zero-order valence-corrected chi connectivity index (χ0v) is 15.5. The predicted octanol–water partition coefficient (Wildman–Crippen LogP) is 4.48. The molecular weight excluding hydrogens is 336 g/mol. The standard InChI is InChI=1S/C19H22N2O3S/c1-4-5-12-24-16-9-7-6-8-15(16)10-11-17(23)21-19-20-13(2)18(25-19)14(3)22/h6-11H,4-5,12H2,1-3H3,(H,20,21,23)/b11-10+. The molecule has 0 unspecified atom stereocenters. The number of nitrogens with one attached hydrogen (secondary N) is 1. The van der Waals surface area contributed by atoms with E-state index in [1.54, 1.807) is 13.0 Å². The second kappa shape index (κ2) is 9.13. The Hall–Kier alpha value is -2.47. The summed E-state index contributed by atoms with van der Waals surface area (Å²) >= 11 is 1.18. The van der Waals surface area contributed by atoms with E-state index in [-0.39, 0.29) is 11.7 Å². The lowest BCUT2D eigenvalue weighted by Crippen LogP contribution is -2.07. The highest BCUT2D eigenvalue weighted by molar-refractivity contribution is 7.17. The van der Waals surface area contributed by atoms with E-state index in [1.165, 1.54) is 24.3 Å². The van der Waals surface area contributed by atoms with Gasteiger partial charge in [0.05, 0.1) is 17.2 Å². The fourth-order valence-electron chi connectivity index (χ4n) is 2.17. The Kier molecular flexibility index (Phi) is 6.89. The van der Waals surface area contributed by atoms with E-state index in [0.29, 0.717) is 22.3 Å². The topological polar surface area (TPSA) is 68.3 Å². The molecule has 2 aromatic rings. The van der Waals surface area contributed by atoms with Crippen LogP contribution in [0.25, 0.3) is 6.08 Å². The molecule has 0 bridgehead atoms. The van der Waals surface area contributed by atoms with Gasteiger partial charge in [-0.25, -0.2) is 4.98 Å². The van der Waals surface area contributed by atoms with Crippen molar-refractivity contribution in [2.24, 2.45) is 0 Å². The predicted molar refractivity (Wildman–Crippen MR) is 101 cm³/mol. The van der Waals surface area contributed by atoms with Gasteiger partial charge in [0.15, 0.2) is 10.9 Å².